The molecule has 1 fully saturated rings. The highest BCUT2D eigenvalue weighted by molar-refractivity contribution is 5.22. The SMILES string of the molecule is COC1(c2ncc([C@@H](C)N)c(C)n2)CCC1. The first kappa shape index (κ1) is 11.5. The van der Waals surface area contributed by atoms with Gasteiger partial charge in [-0.1, -0.05) is 0 Å². The van der Waals surface area contributed by atoms with Crippen LogP contribution in [-0.4, -0.2) is 17.1 Å². The molecular formula is C12H19N3O. The minimum Gasteiger partial charge on any atom is -0.370 e. The van der Waals surface area contributed by atoms with E-state index >= 15 is 0 Å². The maximum atomic E-state index is 5.84. The van der Waals surface area contributed by atoms with Crippen molar-refractivity contribution in [3.63, 3.8) is 0 Å². The third-order valence-electron chi connectivity index (χ3n) is 3.47. The van der Waals surface area contributed by atoms with Crippen molar-refractivity contribution in [3.8, 4) is 0 Å². The summed E-state index contributed by atoms with van der Waals surface area (Å²) in [6.07, 6.45) is 5.05. The molecule has 4 heteroatoms. The van der Waals surface area contributed by atoms with Gasteiger partial charge in [-0.05, 0) is 33.1 Å². The third kappa shape index (κ3) is 1.72. The third-order valence-corrected chi connectivity index (χ3v) is 3.47. The first-order valence-electron chi connectivity index (χ1n) is 5.74. The topological polar surface area (TPSA) is 61.0 Å². The zero-order valence-electron chi connectivity index (χ0n) is 10.2. The lowest BCUT2D eigenvalue weighted by Crippen LogP contribution is -2.38. The Morgan fingerprint density at radius 1 is 1.50 bits per heavy atom. The summed E-state index contributed by atoms with van der Waals surface area (Å²) in [4.78, 5) is 8.95. The van der Waals surface area contributed by atoms with Crippen LogP contribution in [0.2, 0.25) is 0 Å². The van der Waals surface area contributed by atoms with Crippen molar-refractivity contribution in [1.29, 1.82) is 0 Å². The summed E-state index contributed by atoms with van der Waals surface area (Å²) in [5.41, 5.74) is 7.58. The van der Waals surface area contributed by atoms with E-state index in [1.54, 1.807) is 7.11 Å². The molecular weight excluding hydrogens is 202 g/mol. The zero-order valence-corrected chi connectivity index (χ0v) is 10.2. The minimum absolute atomic E-state index is 0.0195. The van der Waals surface area contributed by atoms with E-state index in [1.165, 1.54) is 6.42 Å². The van der Waals surface area contributed by atoms with Gasteiger partial charge in [0.2, 0.25) is 0 Å². The zero-order chi connectivity index (χ0) is 11.8. The minimum atomic E-state index is -0.235. The fraction of sp³-hybridized carbons (Fsp3) is 0.667. The maximum absolute atomic E-state index is 5.84. The monoisotopic (exact) mass is 221 g/mol. The Kier molecular flexibility index (Phi) is 2.95. The molecule has 0 radical (unpaired) electrons. The van der Waals surface area contributed by atoms with Gasteiger partial charge in [-0.2, -0.15) is 0 Å². The molecule has 2 N–H and O–H groups in total. The van der Waals surface area contributed by atoms with Crippen molar-refractivity contribution < 1.29 is 4.74 Å². The first-order valence-corrected chi connectivity index (χ1v) is 5.74. The fourth-order valence-corrected chi connectivity index (χ4v) is 2.16. The maximum Gasteiger partial charge on any atom is 0.160 e. The van der Waals surface area contributed by atoms with Gasteiger partial charge >= 0.3 is 0 Å². The van der Waals surface area contributed by atoms with Gasteiger partial charge in [0.05, 0.1) is 0 Å². The molecule has 1 atom stereocenters. The van der Waals surface area contributed by atoms with Crippen molar-refractivity contribution in [3.05, 3.63) is 23.3 Å². The molecule has 88 valence electrons. The summed E-state index contributed by atoms with van der Waals surface area (Å²) in [7, 11) is 1.73. The number of aryl methyl sites for hydroxylation is 1. The summed E-state index contributed by atoms with van der Waals surface area (Å²) in [6.45, 7) is 3.92. The number of aromatic nitrogens is 2. The fourth-order valence-electron chi connectivity index (χ4n) is 2.16. The summed E-state index contributed by atoms with van der Waals surface area (Å²) in [5, 5.41) is 0. The van der Waals surface area contributed by atoms with E-state index in [1.807, 2.05) is 20.0 Å². The molecule has 0 saturated heterocycles. The molecule has 0 aliphatic heterocycles. The van der Waals surface area contributed by atoms with E-state index in [2.05, 4.69) is 9.97 Å². The Hall–Kier alpha value is -1.00. The molecule has 0 aromatic carbocycles. The van der Waals surface area contributed by atoms with Crippen LogP contribution in [0.25, 0.3) is 0 Å². The average Bonchev–Trinajstić information content (AvgIpc) is 2.16. The highest BCUT2D eigenvalue weighted by atomic mass is 16.5. The lowest BCUT2D eigenvalue weighted by atomic mass is 9.79. The Labute approximate surface area is 96.2 Å². The van der Waals surface area contributed by atoms with E-state index in [0.717, 1.165) is 29.9 Å². The lowest BCUT2D eigenvalue weighted by molar-refractivity contribution is -0.0848. The van der Waals surface area contributed by atoms with E-state index in [0.29, 0.717) is 0 Å². The predicted molar refractivity (Wildman–Crippen MR) is 61.9 cm³/mol. The number of rotatable bonds is 3. The Bertz CT molecular complexity index is 380. The average molecular weight is 221 g/mol. The molecule has 0 bridgehead atoms. The molecule has 0 unspecified atom stereocenters. The van der Waals surface area contributed by atoms with Gasteiger partial charge in [-0.3, -0.25) is 0 Å². The number of hydrogen-bond acceptors (Lipinski definition) is 4. The number of hydrogen-bond donors (Lipinski definition) is 1. The molecule has 1 aromatic rings. The Balaban J connectivity index is 2.34. The van der Waals surface area contributed by atoms with Gasteiger partial charge in [0, 0.05) is 30.6 Å². The van der Waals surface area contributed by atoms with E-state index in [9.17, 15) is 0 Å². The summed E-state index contributed by atoms with van der Waals surface area (Å²) in [6, 6.07) is -0.0195. The van der Waals surface area contributed by atoms with Crippen molar-refractivity contribution >= 4 is 0 Å². The first-order chi connectivity index (χ1) is 7.59. The van der Waals surface area contributed by atoms with Gasteiger partial charge < -0.3 is 10.5 Å². The van der Waals surface area contributed by atoms with Crippen LogP contribution < -0.4 is 5.73 Å². The standard InChI is InChI=1S/C12H19N3O/c1-8(13)10-7-14-11(15-9(10)2)12(16-3)5-4-6-12/h7-8H,4-6,13H2,1-3H3/t8-/m1/s1. The Morgan fingerprint density at radius 3 is 2.56 bits per heavy atom. The second-order valence-electron chi connectivity index (χ2n) is 4.58. The molecule has 1 aromatic heterocycles. The van der Waals surface area contributed by atoms with Crippen molar-refractivity contribution in [2.24, 2.45) is 5.73 Å². The highest BCUT2D eigenvalue weighted by Crippen LogP contribution is 2.42. The molecule has 2 rings (SSSR count). The Morgan fingerprint density at radius 2 is 2.19 bits per heavy atom. The van der Waals surface area contributed by atoms with Crippen LogP contribution in [-0.2, 0) is 10.3 Å². The quantitative estimate of drug-likeness (QED) is 0.846. The van der Waals surface area contributed by atoms with Crippen LogP contribution in [0.5, 0.6) is 0 Å². The van der Waals surface area contributed by atoms with Gasteiger partial charge in [0.25, 0.3) is 0 Å². The van der Waals surface area contributed by atoms with Crippen molar-refractivity contribution in [1.82, 2.24) is 9.97 Å². The molecule has 4 nitrogen and oxygen atoms in total. The van der Waals surface area contributed by atoms with E-state index in [4.69, 9.17) is 10.5 Å². The molecule has 1 heterocycles. The summed E-state index contributed by atoms with van der Waals surface area (Å²) in [5.74, 6) is 0.808. The van der Waals surface area contributed by atoms with Gasteiger partial charge in [-0.15, -0.1) is 0 Å². The van der Waals surface area contributed by atoms with Crippen LogP contribution in [0, 0.1) is 6.92 Å². The summed E-state index contributed by atoms with van der Waals surface area (Å²) < 4.78 is 5.56. The molecule has 0 spiro atoms. The number of methoxy groups -OCH3 is 1. The molecule has 1 aliphatic rings. The number of nitrogens with two attached hydrogens (primary N) is 1. The largest absolute Gasteiger partial charge is 0.370 e. The van der Waals surface area contributed by atoms with E-state index < -0.39 is 0 Å². The van der Waals surface area contributed by atoms with Gasteiger partial charge in [-0.25, -0.2) is 9.97 Å². The van der Waals surface area contributed by atoms with Crippen LogP contribution in [0.15, 0.2) is 6.20 Å². The lowest BCUT2D eigenvalue weighted by Gasteiger charge is -2.39. The van der Waals surface area contributed by atoms with Crippen LogP contribution >= 0.6 is 0 Å². The van der Waals surface area contributed by atoms with Gasteiger partial charge in [0.15, 0.2) is 5.82 Å². The number of ether oxygens (including phenoxy) is 1. The van der Waals surface area contributed by atoms with E-state index in [-0.39, 0.29) is 11.6 Å². The smallest absolute Gasteiger partial charge is 0.160 e. The predicted octanol–water partition coefficient (Wildman–Crippen LogP) is 1.83. The van der Waals surface area contributed by atoms with Crippen molar-refractivity contribution in [2.45, 2.75) is 44.8 Å². The molecule has 1 saturated carbocycles. The second-order valence-corrected chi connectivity index (χ2v) is 4.58. The molecule has 1 aliphatic carbocycles. The van der Waals surface area contributed by atoms with Gasteiger partial charge in [0.1, 0.15) is 5.60 Å². The van der Waals surface area contributed by atoms with Crippen molar-refractivity contribution in [2.75, 3.05) is 7.11 Å². The summed E-state index contributed by atoms with van der Waals surface area (Å²) >= 11 is 0. The van der Waals surface area contributed by atoms with Crippen LogP contribution in [0.1, 0.15) is 49.3 Å². The molecule has 16 heavy (non-hydrogen) atoms. The second kappa shape index (κ2) is 4.11. The van der Waals surface area contributed by atoms with Crippen LogP contribution in [0.4, 0.5) is 0 Å². The normalized spacial score (nSPS) is 20.2. The highest BCUT2D eigenvalue weighted by Gasteiger charge is 2.41. The molecule has 0 amide bonds. The van der Waals surface area contributed by atoms with Crippen LogP contribution in [0.3, 0.4) is 0 Å². The number of nitrogens with zero attached hydrogens (tertiary/aromatic N) is 2.